The van der Waals surface area contributed by atoms with Crippen LogP contribution in [0.15, 0.2) is 0 Å². The highest BCUT2D eigenvalue weighted by Crippen LogP contribution is 1.95. The number of amides is 1. The lowest BCUT2D eigenvalue weighted by atomic mass is 10.3. The molecule has 0 saturated heterocycles. The number of carbonyl (C=O) groups excluding carboxylic acids is 1. The van der Waals surface area contributed by atoms with Crippen molar-refractivity contribution in [1.29, 1.82) is 0 Å². The lowest BCUT2D eigenvalue weighted by Gasteiger charge is -2.20. The van der Waals surface area contributed by atoms with E-state index in [0.29, 0.717) is 13.0 Å². The second-order valence-electron chi connectivity index (χ2n) is 3.32. The first-order chi connectivity index (χ1) is 6.65. The second kappa shape index (κ2) is 7.76. The molecule has 14 heavy (non-hydrogen) atoms. The average molecular weight is 202 g/mol. The molecule has 0 aromatic rings. The molecular weight excluding hydrogens is 180 g/mol. The van der Waals surface area contributed by atoms with Gasteiger partial charge in [0.1, 0.15) is 0 Å². The molecule has 1 amide bonds. The zero-order chi connectivity index (χ0) is 11.0. The topological polar surface area (TPSA) is 43.8 Å². The van der Waals surface area contributed by atoms with Gasteiger partial charge in [0, 0.05) is 33.1 Å². The summed E-state index contributed by atoms with van der Waals surface area (Å²) in [6.07, 6.45) is 0.540. The van der Waals surface area contributed by atoms with E-state index in [-0.39, 0.29) is 12.5 Å². The highest BCUT2D eigenvalue weighted by atomic mass is 16.3. The summed E-state index contributed by atoms with van der Waals surface area (Å²) in [5.74, 6) is 0.170. The average Bonchev–Trinajstić information content (AvgIpc) is 2.22. The van der Waals surface area contributed by atoms with E-state index in [4.69, 9.17) is 5.11 Å². The zero-order valence-electron chi connectivity index (χ0n) is 9.49. The molecule has 0 unspecified atom stereocenters. The molecule has 0 heterocycles. The summed E-state index contributed by atoms with van der Waals surface area (Å²) in [7, 11) is 1.81. The molecule has 84 valence electrons. The maximum Gasteiger partial charge on any atom is 0.223 e. The molecule has 0 atom stereocenters. The first kappa shape index (κ1) is 13.4. The van der Waals surface area contributed by atoms with Crippen LogP contribution in [0.4, 0.5) is 0 Å². The minimum Gasteiger partial charge on any atom is -0.395 e. The quantitative estimate of drug-likeness (QED) is 0.640. The van der Waals surface area contributed by atoms with Gasteiger partial charge in [-0.3, -0.25) is 4.79 Å². The van der Waals surface area contributed by atoms with Crippen molar-refractivity contribution >= 4 is 5.91 Å². The molecule has 0 fully saturated rings. The lowest BCUT2D eigenvalue weighted by Crippen LogP contribution is -2.33. The Morgan fingerprint density at radius 3 is 2.29 bits per heavy atom. The van der Waals surface area contributed by atoms with Gasteiger partial charge in [0.05, 0.1) is 6.61 Å². The van der Waals surface area contributed by atoms with E-state index in [1.54, 1.807) is 4.90 Å². The number of carbonyl (C=O) groups is 1. The summed E-state index contributed by atoms with van der Waals surface area (Å²) in [4.78, 5) is 15.2. The van der Waals surface area contributed by atoms with E-state index in [0.717, 1.165) is 19.6 Å². The van der Waals surface area contributed by atoms with Crippen LogP contribution in [0.3, 0.4) is 0 Å². The van der Waals surface area contributed by atoms with Gasteiger partial charge in [0.15, 0.2) is 0 Å². The fourth-order valence-electron chi connectivity index (χ4n) is 1.19. The van der Waals surface area contributed by atoms with Crippen molar-refractivity contribution in [2.75, 3.05) is 39.8 Å². The standard InChI is InChI=1S/C10H22N2O2/c1-4-11(3)10(14)6-7-12(5-2)8-9-13/h13H,4-9H2,1-3H3. The highest BCUT2D eigenvalue weighted by molar-refractivity contribution is 5.75. The van der Waals surface area contributed by atoms with Gasteiger partial charge >= 0.3 is 0 Å². The molecule has 0 saturated carbocycles. The Balaban J connectivity index is 3.73. The number of hydrogen-bond donors (Lipinski definition) is 1. The fourth-order valence-corrected chi connectivity index (χ4v) is 1.19. The molecule has 1 N–H and O–H groups in total. The van der Waals surface area contributed by atoms with Crippen molar-refractivity contribution in [2.45, 2.75) is 20.3 Å². The van der Waals surface area contributed by atoms with Crippen LogP contribution in [0.2, 0.25) is 0 Å². The number of aliphatic hydroxyl groups is 1. The van der Waals surface area contributed by atoms with Gasteiger partial charge in [-0.1, -0.05) is 6.92 Å². The van der Waals surface area contributed by atoms with Crippen molar-refractivity contribution in [2.24, 2.45) is 0 Å². The van der Waals surface area contributed by atoms with Gasteiger partial charge in [0.25, 0.3) is 0 Å². The first-order valence-electron chi connectivity index (χ1n) is 5.22. The normalized spacial score (nSPS) is 10.6. The van der Waals surface area contributed by atoms with Crippen LogP contribution in [0.25, 0.3) is 0 Å². The predicted octanol–water partition coefficient (Wildman–Crippen LogP) is 0.169. The smallest absolute Gasteiger partial charge is 0.223 e. The molecule has 4 nitrogen and oxygen atoms in total. The zero-order valence-corrected chi connectivity index (χ0v) is 9.49. The second-order valence-corrected chi connectivity index (χ2v) is 3.32. The van der Waals surface area contributed by atoms with E-state index in [1.807, 2.05) is 20.9 Å². The molecule has 0 aromatic heterocycles. The highest BCUT2D eigenvalue weighted by Gasteiger charge is 2.08. The van der Waals surface area contributed by atoms with Gasteiger partial charge in [-0.05, 0) is 13.5 Å². The van der Waals surface area contributed by atoms with Gasteiger partial charge in [-0.15, -0.1) is 0 Å². The van der Waals surface area contributed by atoms with Crippen LogP contribution >= 0.6 is 0 Å². The molecule has 0 aromatic carbocycles. The number of likely N-dealkylation sites (N-methyl/N-ethyl adjacent to an activating group) is 1. The van der Waals surface area contributed by atoms with Crippen LogP contribution in [0.1, 0.15) is 20.3 Å². The van der Waals surface area contributed by atoms with Gasteiger partial charge in [-0.25, -0.2) is 0 Å². The van der Waals surface area contributed by atoms with Gasteiger partial charge in [-0.2, -0.15) is 0 Å². The number of rotatable bonds is 7. The summed E-state index contributed by atoms with van der Waals surface area (Å²) in [6, 6.07) is 0. The summed E-state index contributed by atoms with van der Waals surface area (Å²) >= 11 is 0. The van der Waals surface area contributed by atoms with Crippen molar-refractivity contribution in [3.8, 4) is 0 Å². The molecule has 4 heteroatoms. The van der Waals surface area contributed by atoms with Crippen LogP contribution in [0, 0.1) is 0 Å². The summed E-state index contributed by atoms with van der Waals surface area (Å²) in [5, 5.41) is 8.75. The lowest BCUT2D eigenvalue weighted by molar-refractivity contribution is -0.130. The van der Waals surface area contributed by atoms with E-state index < -0.39 is 0 Å². The van der Waals surface area contributed by atoms with Gasteiger partial charge in [0.2, 0.25) is 5.91 Å². The summed E-state index contributed by atoms with van der Waals surface area (Å²) in [6.45, 7) is 7.17. The van der Waals surface area contributed by atoms with Crippen molar-refractivity contribution < 1.29 is 9.90 Å². The molecule has 0 rings (SSSR count). The largest absolute Gasteiger partial charge is 0.395 e. The Kier molecular flexibility index (Phi) is 7.42. The van der Waals surface area contributed by atoms with Crippen LogP contribution in [0.5, 0.6) is 0 Å². The molecular formula is C10H22N2O2. The molecule has 0 aliphatic heterocycles. The third-order valence-corrected chi connectivity index (χ3v) is 2.41. The molecule has 0 aliphatic carbocycles. The van der Waals surface area contributed by atoms with E-state index >= 15 is 0 Å². The Morgan fingerprint density at radius 2 is 1.86 bits per heavy atom. The van der Waals surface area contributed by atoms with Crippen LogP contribution < -0.4 is 0 Å². The third kappa shape index (κ3) is 5.19. The maximum atomic E-state index is 11.4. The monoisotopic (exact) mass is 202 g/mol. The van der Waals surface area contributed by atoms with Crippen LogP contribution in [-0.2, 0) is 4.79 Å². The minimum atomic E-state index is 0.158. The Hall–Kier alpha value is -0.610. The predicted molar refractivity (Wildman–Crippen MR) is 57.1 cm³/mol. The van der Waals surface area contributed by atoms with Gasteiger partial charge < -0.3 is 14.9 Å². The Morgan fingerprint density at radius 1 is 1.21 bits per heavy atom. The SMILES string of the molecule is CCN(CCO)CCC(=O)N(C)CC. The maximum absolute atomic E-state index is 11.4. The number of aliphatic hydroxyl groups excluding tert-OH is 1. The van der Waals surface area contributed by atoms with E-state index in [2.05, 4.69) is 4.90 Å². The molecule has 0 aliphatic rings. The fraction of sp³-hybridized carbons (Fsp3) is 0.900. The molecule has 0 radical (unpaired) electrons. The van der Waals surface area contributed by atoms with E-state index in [1.165, 1.54) is 0 Å². The van der Waals surface area contributed by atoms with Crippen molar-refractivity contribution in [3.05, 3.63) is 0 Å². The summed E-state index contributed by atoms with van der Waals surface area (Å²) in [5.41, 5.74) is 0. The number of hydrogen-bond acceptors (Lipinski definition) is 3. The number of nitrogens with zero attached hydrogens (tertiary/aromatic N) is 2. The van der Waals surface area contributed by atoms with E-state index in [9.17, 15) is 4.79 Å². The third-order valence-electron chi connectivity index (χ3n) is 2.41. The molecule has 0 spiro atoms. The van der Waals surface area contributed by atoms with Crippen molar-refractivity contribution in [3.63, 3.8) is 0 Å². The van der Waals surface area contributed by atoms with Crippen molar-refractivity contribution in [1.82, 2.24) is 9.80 Å². The Labute approximate surface area is 86.5 Å². The first-order valence-corrected chi connectivity index (χ1v) is 5.22. The molecule has 0 bridgehead atoms. The van der Waals surface area contributed by atoms with Crippen LogP contribution in [-0.4, -0.2) is 60.6 Å². The minimum absolute atomic E-state index is 0.158. The Bertz CT molecular complexity index is 162. The summed E-state index contributed by atoms with van der Waals surface area (Å²) < 4.78 is 0.